The Balaban J connectivity index is 1.69. The van der Waals surface area contributed by atoms with Gasteiger partial charge in [0.1, 0.15) is 5.75 Å². The molecule has 0 radical (unpaired) electrons. The lowest BCUT2D eigenvalue weighted by Gasteiger charge is -2.30. The summed E-state index contributed by atoms with van der Waals surface area (Å²) >= 11 is 12.0. The average Bonchev–Trinajstić information content (AvgIpc) is 2.79. The maximum Gasteiger partial charge on any atom is 0.173 e. The second kappa shape index (κ2) is 12.3. The summed E-state index contributed by atoms with van der Waals surface area (Å²) in [6.45, 7) is 6.23. The first-order valence-corrected chi connectivity index (χ1v) is 11.7. The monoisotopic (exact) mass is 476 g/mol. The number of nitrogens with one attached hydrogen (secondary N) is 1. The van der Waals surface area contributed by atoms with Crippen LogP contribution in [0.25, 0.3) is 0 Å². The Morgan fingerprint density at radius 1 is 1.16 bits per heavy atom. The molecule has 0 amide bonds. The maximum atomic E-state index is 6.20. The Kier molecular flexibility index (Phi) is 9.41. The number of rotatable bonds is 9. The lowest BCUT2D eigenvalue weighted by Crippen LogP contribution is -2.40. The molecular formula is C24H33ClN4O2S. The average molecular weight is 477 g/mol. The number of hydrogen-bond donors (Lipinski definition) is 1. The summed E-state index contributed by atoms with van der Waals surface area (Å²) in [4.78, 5) is 6.76. The molecule has 1 aliphatic rings. The molecular weight excluding hydrogens is 444 g/mol. The molecule has 1 saturated heterocycles. The summed E-state index contributed by atoms with van der Waals surface area (Å²) in [7, 11) is 5.73. The minimum atomic E-state index is 0.634. The molecule has 0 aromatic heterocycles. The van der Waals surface area contributed by atoms with Crippen molar-refractivity contribution in [2.45, 2.75) is 13.0 Å². The third kappa shape index (κ3) is 7.24. The molecule has 0 spiro atoms. The van der Waals surface area contributed by atoms with Crippen LogP contribution < -0.4 is 15.0 Å². The summed E-state index contributed by atoms with van der Waals surface area (Å²) in [5, 5.41) is 4.64. The number of anilines is 2. The standard InChI is InChI=1S/C24H33ClN4O2S/c1-27(2)21-8-5-19(6-9-21)18-29(12-4-11-28-13-15-31-16-14-28)24(32)26-22-17-20(25)7-10-23(22)30-3/h5-10,17H,4,11-16,18H2,1-3H3,(H,26,32). The van der Waals surface area contributed by atoms with Gasteiger partial charge in [0.05, 0.1) is 26.0 Å². The third-order valence-electron chi connectivity index (χ3n) is 5.52. The number of nitrogens with zero attached hydrogens (tertiary/aromatic N) is 3. The Morgan fingerprint density at radius 3 is 2.53 bits per heavy atom. The van der Waals surface area contributed by atoms with Crippen LogP contribution in [-0.2, 0) is 11.3 Å². The molecule has 1 aliphatic heterocycles. The predicted octanol–water partition coefficient (Wildman–Crippen LogP) is 4.34. The third-order valence-corrected chi connectivity index (χ3v) is 6.12. The van der Waals surface area contributed by atoms with Crippen molar-refractivity contribution in [1.82, 2.24) is 9.80 Å². The molecule has 0 unspecified atom stereocenters. The van der Waals surface area contributed by atoms with Gasteiger partial charge in [-0.05, 0) is 54.5 Å². The van der Waals surface area contributed by atoms with Crippen molar-refractivity contribution in [3.63, 3.8) is 0 Å². The molecule has 3 rings (SSSR count). The molecule has 0 saturated carbocycles. The number of benzene rings is 2. The van der Waals surface area contributed by atoms with Gasteiger partial charge in [-0.1, -0.05) is 23.7 Å². The van der Waals surface area contributed by atoms with Crippen molar-refractivity contribution in [2.75, 3.05) is 70.8 Å². The maximum absolute atomic E-state index is 6.20. The van der Waals surface area contributed by atoms with Crippen molar-refractivity contribution in [2.24, 2.45) is 0 Å². The van der Waals surface area contributed by atoms with Gasteiger partial charge in [0.15, 0.2) is 5.11 Å². The first kappa shape index (κ1) is 24.6. The van der Waals surface area contributed by atoms with E-state index in [2.05, 4.69) is 44.3 Å². The summed E-state index contributed by atoms with van der Waals surface area (Å²) in [5.41, 5.74) is 3.16. The Morgan fingerprint density at radius 2 is 1.88 bits per heavy atom. The van der Waals surface area contributed by atoms with Crippen molar-refractivity contribution >= 4 is 40.3 Å². The van der Waals surface area contributed by atoms with Gasteiger partial charge in [0.25, 0.3) is 0 Å². The quantitative estimate of drug-likeness (QED) is 0.540. The van der Waals surface area contributed by atoms with E-state index in [1.54, 1.807) is 13.2 Å². The molecule has 0 aliphatic carbocycles. The van der Waals surface area contributed by atoms with Gasteiger partial charge in [-0.25, -0.2) is 0 Å². The number of hydrogen-bond acceptors (Lipinski definition) is 5. The van der Waals surface area contributed by atoms with E-state index in [1.165, 1.54) is 11.3 Å². The van der Waals surface area contributed by atoms with Crippen LogP contribution in [0.4, 0.5) is 11.4 Å². The molecule has 1 N–H and O–H groups in total. The van der Waals surface area contributed by atoms with Gasteiger partial charge in [0, 0.05) is 57.5 Å². The highest BCUT2D eigenvalue weighted by molar-refractivity contribution is 7.80. The molecule has 32 heavy (non-hydrogen) atoms. The molecule has 0 atom stereocenters. The van der Waals surface area contributed by atoms with Crippen LogP contribution in [0.2, 0.25) is 5.02 Å². The smallest absolute Gasteiger partial charge is 0.173 e. The number of methoxy groups -OCH3 is 1. The second-order valence-corrected chi connectivity index (χ2v) is 8.89. The normalized spacial score (nSPS) is 14.1. The van der Waals surface area contributed by atoms with Crippen LogP contribution in [0.3, 0.4) is 0 Å². The Hall–Kier alpha value is -2.06. The molecule has 0 bridgehead atoms. The molecule has 2 aromatic rings. The fraction of sp³-hybridized carbons (Fsp3) is 0.458. The first-order valence-electron chi connectivity index (χ1n) is 10.9. The fourth-order valence-electron chi connectivity index (χ4n) is 3.65. The molecule has 174 valence electrons. The summed E-state index contributed by atoms with van der Waals surface area (Å²) in [5.74, 6) is 0.709. The van der Waals surface area contributed by atoms with Crippen LogP contribution >= 0.6 is 23.8 Å². The fourth-order valence-corrected chi connectivity index (χ4v) is 4.09. The van der Waals surface area contributed by atoms with Crippen LogP contribution in [0, 0.1) is 0 Å². The molecule has 6 nitrogen and oxygen atoms in total. The van der Waals surface area contributed by atoms with E-state index in [-0.39, 0.29) is 0 Å². The summed E-state index contributed by atoms with van der Waals surface area (Å²) in [6.07, 6.45) is 1.02. The van der Waals surface area contributed by atoms with E-state index in [9.17, 15) is 0 Å². The second-order valence-electron chi connectivity index (χ2n) is 8.06. The van der Waals surface area contributed by atoms with Gasteiger partial charge in [-0.3, -0.25) is 4.90 Å². The highest BCUT2D eigenvalue weighted by Gasteiger charge is 2.15. The van der Waals surface area contributed by atoms with Crippen LogP contribution in [0.5, 0.6) is 5.75 Å². The van der Waals surface area contributed by atoms with E-state index in [1.807, 2.05) is 26.2 Å². The van der Waals surface area contributed by atoms with Crippen molar-refractivity contribution in [3.05, 3.63) is 53.1 Å². The molecule has 8 heteroatoms. The van der Waals surface area contributed by atoms with Crippen molar-refractivity contribution < 1.29 is 9.47 Å². The Bertz CT molecular complexity index is 873. The van der Waals surface area contributed by atoms with Crippen LogP contribution in [-0.4, -0.2) is 75.5 Å². The van der Waals surface area contributed by atoms with Crippen molar-refractivity contribution in [1.29, 1.82) is 0 Å². The number of thiocarbonyl (C=S) groups is 1. The van der Waals surface area contributed by atoms with Crippen molar-refractivity contribution in [3.8, 4) is 5.75 Å². The summed E-state index contributed by atoms with van der Waals surface area (Å²) < 4.78 is 10.9. The zero-order valence-corrected chi connectivity index (χ0v) is 20.7. The van der Waals surface area contributed by atoms with Gasteiger partial charge in [0.2, 0.25) is 0 Å². The molecule has 2 aromatic carbocycles. The van der Waals surface area contributed by atoms with Gasteiger partial charge < -0.3 is 24.6 Å². The highest BCUT2D eigenvalue weighted by atomic mass is 35.5. The molecule has 1 fully saturated rings. The van der Waals surface area contributed by atoms with Gasteiger partial charge >= 0.3 is 0 Å². The first-order chi connectivity index (χ1) is 15.5. The topological polar surface area (TPSA) is 40.2 Å². The SMILES string of the molecule is COc1ccc(Cl)cc1NC(=S)N(CCCN1CCOCC1)Cc1ccc(N(C)C)cc1. The minimum Gasteiger partial charge on any atom is -0.495 e. The van der Waals surface area contributed by atoms with E-state index in [4.69, 9.17) is 33.3 Å². The van der Waals surface area contributed by atoms with E-state index < -0.39 is 0 Å². The van der Waals surface area contributed by atoms with Crippen LogP contribution in [0.15, 0.2) is 42.5 Å². The minimum absolute atomic E-state index is 0.634. The number of halogens is 1. The lowest BCUT2D eigenvalue weighted by atomic mass is 10.2. The lowest BCUT2D eigenvalue weighted by molar-refractivity contribution is 0.0368. The Labute approximate surface area is 202 Å². The van der Waals surface area contributed by atoms with Gasteiger partial charge in [-0.15, -0.1) is 0 Å². The van der Waals surface area contributed by atoms with E-state index >= 15 is 0 Å². The largest absolute Gasteiger partial charge is 0.495 e. The highest BCUT2D eigenvalue weighted by Crippen LogP contribution is 2.28. The zero-order chi connectivity index (χ0) is 22.9. The summed E-state index contributed by atoms with van der Waals surface area (Å²) in [6, 6.07) is 14.1. The van der Waals surface area contributed by atoms with Crippen LogP contribution in [0.1, 0.15) is 12.0 Å². The number of morpholine rings is 1. The van der Waals surface area contributed by atoms with Gasteiger partial charge in [-0.2, -0.15) is 0 Å². The zero-order valence-electron chi connectivity index (χ0n) is 19.1. The van der Waals surface area contributed by atoms with E-state index in [0.29, 0.717) is 15.9 Å². The van der Waals surface area contributed by atoms with E-state index in [0.717, 1.165) is 58.0 Å². The number of ether oxygens (including phenoxy) is 2. The molecule has 1 heterocycles. The predicted molar refractivity (Wildman–Crippen MR) is 137 cm³/mol.